The monoisotopic (exact) mass is 310 g/mol. The van der Waals surface area contributed by atoms with Crippen LogP contribution < -0.4 is 4.90 Å². The molecule has 0 atom stereocenters. The summed E-state index contributed by atoms with van der Waals surface area (Å²) in [5.74, 6) is 0.949. The lowest BCUT2D eigenvalue weighted by Crippen LogP contribution is -2.19. The number of aryl methyl sites for hydroxylation is 2. The van der Waals surface area contributed by atoms with E-state index in [-0.39, 0.29) is 10.6 Å². The summed E-state index contributed by atoms with van der Waals surface area (Å²) in [6, 6.07) is 13.2. The summed E-state index contributed by atoms with van der Waals surface area (Å²) in [5.41, 5.74) is 3.79. The molecule has 0 aliphatic heterocycles. The Bertz CT molecular complexity index is 885. The Morgan fingerprint density at radius 2 is 2.00 bits per heavy atom. The molecule has 1 aromatic heterocycles. The molecule has 0 N–H and O–H groups in total. The van der Waals surface area contributed by atoms with Crippen molar-refractivity contribution in [1.29, 1.82) is 0 Å². The van der Waals surface area contributed by atoms with E-state index in [1.54, 1.807) is 19.1 Å². The van der Waals surface area contributed by atoms with Gasteiger partial charge in [0.2, 0.25) is 0 Å². The van der Waals surface area contributed by atoms with Crippen molar-refractivity contribution in [3.05, 3.63) is 64.0 Å². The van der Waals surface area contributed by atoms with Gasteiger partial charge in [0.05, 0.1) is 22.5 Å². The van der Waals surface area contributed by atoms with Gasteiger partial charge in [-0.05, 0) is 31.2 Å². The molecule has 118 valence electrons. The SMILES string of the molecule is Cc1cc(N(C)Cc2nc3ccccc3n2C)ccc1[N+](=O)[O-]. The van der Waals surface area contributed by atoms with Crippen molar-refractivity contribution < 1.29 is 4.92 Å². The third kappa shape index (κ3) is 2.75. The third-order valence-corrected chi connectivity index (χ3v) is 4.08. The molecule has 3 rings (SSSR count). The zero-order valence-electron chi connectivity index (χ0n) is 13.4. The highest BCUT2D eigenvalue weighted by Gasteiger charge is 2.14. The van der Waals surface area contributed by atoms with Gasteiger partial charge in [0.1, 0.15) is 5.82 Å². The minimum atomic E-state index is -0.357. The molecule has 0 saturated carbocycles. The van der Waals surface area contributed by atoms with Gasteiger partial charge in [-0.25, -0.2) is 4.98 Å². The highest BCUT2D eigenvalue weighted by molar-refractivity contribution is 5.75. The van der Waals surface area contributed by atoms with Crippen molar-refractivity contribution in [2.75, 3.05) is 11.9 Å². The average Bonchev–Trinajstić information content (AvgIpc) is 2.83. The van der Waals surface area contributed by atoms with Crippen LogP contribution in [0, 0.1) is 17.0 Å². The Balaban J connectivity index is 1.88. The van der Waals surface area contributed by atoms with Gasteiger partial charge in [0.15, 0.2) is 0 Å². The normalized spacial score (nSPS) is 10.9. The van der Waals surface area contributed by atoms with E-state index in [1.807, 2.05) is 49.3 Å². The van der Waals surface area contributed by atoms with Gasteiger partial charge in [-0.15, -0.1) is 0 Å². The van der Waals surface area contributed by atoms with Crippen LogP contribution in [-0.2, 0) is 13.6 Å². The molecule has 0 fully saturated rings. The van der Waals surface area contributed by atoms with E-state index in [0.29, 0.717) is 12.1 Å². The Morgan fingerprint density at radius 3 is 2.65 bits per heavy atom. The quantitative estimate of drug-likeness (QED) is 0.547. The number of nitro groups is 1. The van der Waals surface area contributed by atoms with Gasteiger partial charge in [-0.1, -0.05) is 12.1 Å². The number of benzene rings is 2. The number of rotatable bonds is 4. The predicted octanol–water partition coefficient (Wildman–Crippen LogP) is 3.43. The second kappa shape index (κ2) is 5.72. The summed E-state index contributed by atoms with van der Waals surface area (Å²) in [7, 11) is 3.96. The number of fused-ring (bicyclic) bond motifs is 1. The zero-order valence-corrected chi connectivity index (χ0v) is 13.4. The van der Waals surface area contributed by atoms with E-state index in [4.69, 9.17) is 0 Å². The number of anilines is 1. The van der Waals surface area contributed by atoms with Gasteiger partial charge in [-0.3, -0.25) is 10.1 Å². The number of nitrogens with zero attached hydrogens (tertiary/aromatic N) is 4. The van der Waals surface area contributed by atoms with Crippen molar-refractivity contribution >= 4 is 22.4 Å². The van der Waals surface area contributed by atoms with Crippen molar-refractivity contribution in [3.8, 4) is 0 Å². The molecule has 0 bridgehead atoms. The Labute approximate surface area is 134 Å². The van der Waals surface area contributed by atoms with Crippen molar-refractivity contribution in [2.24, 2.45) is 7.05 Å². The molecule has 2 aromatic carbocycles. The molecule has 1 heterocycles. The molecule has 0 aliphatic rings. The Hall–Kier alpha value is -2.89. The lowest BCUT2D eigenvalue weighted by Gasteiger charge is -2.19. The van der Waals surface area contributed by atoms with Crippen LogP contribution in [0.1, 0.15) is 11.4 Å². The van der Waals surface area contributed by atoms with E-state index in [2.05, 4.69) is 9.55 Å². The molecule has 0 unspecified atom stereocenters. The minimum absolute atomic E-state index is 0.143. The Kier molecular flexibility index (Phi) is 3.73. The molecule has 0 aliphatic carbocycles. The molecule has 0 amide bonds. The van der Waals surface area contributed by atoms with E-state index in [0.717, 1.165) is 22.5 Å². The van der Waals surface area contributed by atoms with Crippen LogP contribution in [0.15, 0.2) is 42.5 Å². The number of para-hydroxylation sites is 2. The molecule has 0 spiro atoms. The van der Waals surface area contributed by atoms with Gasteiger partial charge < -0.3 is 9.47 Å². The van der Waals surface area contributed by atoms with Crippen LogP contribution in [0.5, 0.6) is 0 Å². The molecule has 6 nitrogen and oxygen atoms in total. The van der Waals surface area contributed by atoms with Gasteiger partial charge >= 0.3 is 0 Å². The summed E-state index contributed by atoms with van der Waals surface area (Å²) >= 11 is 0. The second-order valence-corrected chi connectivity index (χ2v) is 5.66. The molecule has 0 radical (unpaired) electrons. The first kappa shape index (κ1) is 15.0. The van der Waals surface area contributed by atoms with Crippen molar-refractivity contribution in [1.82, 2.24) is 9.55 Å². The van der Waals surface area contributed by atoms with E-state index in [9.17, 15) is 10.1 Å². The number of hydrogen-bond donors (Lipinski definition) is 0. The van der Waals surface area contributed by atoms with E-state index >= 15 is 0 Å². The zero-order chi connectivity index (χ0) is 16.6. The fraction of sp³-hybridized carbons (Fsp3) is 0.235. The summed E-state index contributed by atoms with van der Waals surface area (Å²) in [4.78, 5) is 17.3. The fourth-order valence-corrected chi connectivity index (χ4v) is 2.72. The summed E-state index contributed by atoms with van der Waals surface area (Å²) in [6.45, 7) is 2.38. The highest BCUT2D eigenvalue weighted by atomic mass is 16.6. The first-order chi connectivity index (χ1) is 11.0. The summed E-state index contributed by atoms with van der Waals surface area (Å²) in [6.07, 6.45) is 0. The largest absolute Gasteiger partial charge is 0.367 e. The number of hydrogen-bond acceptors (Lipinski definition) is 4. The first-order valence-electron chi connectivity index (χ1n) is 7.34. The predicted molar refractivity (Wildman–Crippen MR) is 90.7 cm³/mol. The molecule has 3 aromatic rings. The van der Waals surface area contributed by atoms with Gasteiger partial charge in [-0.2, -0.15) is 0 Å². The van der Waals surface area contributed by atoms with Crippen molar-refractivity contribution in [2.45, 2.75) is 13.5 Å². The fourth-order valence-electron chi connectivity index (χ4n) is 2.72. The number of imidazole rings is 1. The van der Waals surface area contributed by atoms with Crippen LogP contribution in [0.3, 0.4) is 0 Å². The van der Waals surface area contributed by atoms with E-state index in [1.165, 1.54) is 0 Å². The number of aromatic nitrogens is 2. The molecular weight excluding hydrogens is 292 g/mol. The van der Waals surface area contributed by atoms with E-state index < -0.39 is 0 Å². The van der Waals surface area contributed by atoms with Crippen LogP contribution in [0.4, 0.5) is 11.4 Å². The van der Waals surface area contributed by atoms with Gasteiger partial charge in [0.25, 0.3) is 5.69 Å². The maximum absolute atomic E-state index is 10.9. The lowest BCUT2D eigenvalue weighted by atomic mass is 10.1. The lowest BCUT2D eigenvalue weighted by molar-refractivity contribution is -0.385. The molecular formula is C17H18N4O2. The van der Waals surface area contributed by atoms with Crippen LogP contribution >= 0.6 is 0 Å². The van der Waals surface area contributed by atoms with Crippen LogP contribution in [0.2, 0.25) is 0 Å². The standard InChI is InChI=1S/C17H18N4O2/c1-12-10-13(8-9-15(12)21(22)23)19(2)11-17-18-14-6-4-5-7-16(14)20(17)3/h4-10H,11H2,1-3H3. The third-order valence-electron chi connectivity index (χ3n) is 4.08. The first-order valence-corrected chi connectivity index (χ1v) is 7.34. The van der Waals surface area contributed by atoms with Crippen LogP contribution in [0.25, 0.3) is 11.0 Å². The minimum Gasteiger partial charge on any atom is -0.367 e. The number of nitro benzene ring substituents is 1. The van der Waals surface area contributed by atoms with Crippen LogP contribution in [-0.4, -0.2) is 21.5 Å². The molecule has 0 saturated heterocycles. The Morgan fingerprint density at radius 1 is 1.26 bits per heavy atom. The maximum atomic E-state index is 10.9. The van der Waals surface area contributed by atoms with Crippen molar-refractivity contribution in [3.63, 3.8) is 0 Å². The molecule has 6 heteroatoms. The maximum Gasteiger partial charge on any atom is 0.272 e. The molecule has 23 heavy (non-hydrogen) atoms. The summed E-state index contributed by atoms with van der Waals surface area (Å²) < 4.78 is 2.07. The summed E-state index contributed by atoms with van der Waals surface area (Å²) in [5, 5.41) is 10.9. The second-order valence-electron chi connectivity index (χ2n) is 5.66. The highest BCUT2D eigenvalue weighted by Crippen LogP contribution is 2.25. The smallest absolute Gasteiger partial charge is 0.272 e. The van der Waals surface area contributed by atoms with Gasteiger partial charge in [0, 0.05) is 31.4 Å². The average molecular weight is 310 g/mol. The topological polar surface area (TPSA) is 64.2 Å².